The van der Waals surface area contributed by atoms with Crippen LogP contribution in [0.25, 0.3) is 10.9 Å². The number of aromatic amines is 1. The number of nitrogens with one attached hydrogen (secondary N) is 2. The number of carbonyl (C=O) groups excluding carboxylic acids is 1. The summed E-state index contributed by atoms with van der Waals surface area (Å²) in [5, 5.41) is 3.78. The van der Waals surface area contributed by atoms with Crippen LogP contribution in [0.15, 0.2) is 65.8 Å². The molecule has 0 aliphatic carbocycles. The van der Waals surface area contributed by atoms with Crippen LogP contribution in [0.4, 0.5) is 0 Å². The predicted octanol–water partition coefficient (Wildman–Crippen LogP) is 2.46. The fourth-order valence-electron chi connectivity index (χ4n) is 2.45. The molecule has 1 heterocycles. The van der Waals surface area contributed by atoms with E-state index >= 15 is 0 Å². The Balaban J connectivity index is 1.58. The number of carbonyl (C=O) groups is 1. The standard InChI is InChI=1S/C18H18N4O/c19-18(22-17(23)13-6-2-1-3-7-13)20-11-10-14-12-21-16-9-5-4-8-15(14)16/h1-9,12,21H,10-11H2,(H3,19,20,22,23). The second-order valence-electron chi connectivity index (χ2n) is 5.20. The molecule has 0 aliphatic heterocycles. The molecule has 0 atom stereocenters. The fourth-order valence-corrected chi connectivity index (χ4v) is 2.45. The molecule has 23 heavy (non-hydrogen) atoms. The molecule has 0 aliphatic rings. The van der Waals surface area contributed by atoms with Gasteiger partial charge < -0.3 is 10.7 Å². The molecule has 0 spiro atoms. The molecule has 0 bridgehead atoms. The zero-order chi connectivity index (χ0) is 16.1. The quantitative estimate of drug-likeness (QED) is 0.511. The van der Waals surface area contributed by atoms with Crippen molar-refractivity contribution in [2.75, 3.05) is 6.54 Å². The number of benzene rings is 2. The molecule has 0 saturated carbocycles. The van der Waals surface area contributed by atoms with E-state index in [0.717, 1.165) is 11.9 Å². The Hall–Kier alpha value is -3.08. The van der Waals surface area contributed by atoms with Gasteiger partial charge in [-0.2, -0.15) is 0 Å². The largest absolute Gasteiger partial charge is 0.370 e. The highest BCUT2D eigenvalue weighted by Gasteiger charge is 2.06. The molecule has 1 amide bonds. The van der Waals surface area contributed by atoms with Crippen LogP contribution in [0.2, 0.25) is 0 Å². The van der Waals surface area contributed by atoms with E-state index in [1.165, 1.54) is 10.9 Å². The number of rotatable bonds is 4. The van der Waals surface area contributed by atoms with Gasteiger partial charge in [0.15, 0.2) is 5.96 Å². The van der Waals surface area contributed by atoms with E-state index in [1.54, 1.807) is 24.3 Å². The molecule has 3 aromatic rings. The molecule has 2 aromatic carbocycles. The Morgan fingerprint density at radius 1 is 1.09 bits per heavy atom. The van der Waals surface area contributed by atoms with Crippen LogP contribution in [0.3, 0.4) is 0 Å². The molecule has 0 radical (unpaired) electrons. The van der Waals surface area contributed by atoms with E-state index in [4.69, 9.17) is 5.73 Å². The van der Waals surface area contributed by atoms with Gasteiger partial charge in [-0.3, -0.25) is 15.1 Å². The normalized spacial score (nSPS) is 11.6. The number of hydrogen-bond acceptors (Lipinski definition) is 2. The lowest BCUT2D eigenvalue weighted by Gasteiger charge is -2.04. The molecule has 0 fully saturated rings. The topological polar surface area (TPSA) is 83.3 Å². The average molecular weight is 306 g/mol. The highest BCUT2D eigenvalue weighted by molar-refractivity contribution is 6.05. The number of aromatic nitrogens is 1. The molecule has 116 valence electrons. The Bertz CT molecular complexity index is 836. The van der Waals surface area contributed by atoms with Gasteiger partial charge in [0.25, 0.3) is 5.91 Å². The first-order valence-electron chi connectivity index (χ1n) is 7.45. The Morgan fingerprint density at radius 3 is 2.65 bits per heavy atom. The number of nitrogens with two attached hydrogens (primary N) is 1. The van der Waals surface area contributed by atoms with Crippen LogP contribution in [-0.4, -0.2) is 23.4 Å². The van der Waals surface area contributed by atoms with Crippen LogP contribution >= 0.6 is 0 Å². The van der Waals surface area contributed by atoms with Crippen molar-refractivity contribution in [1.29, 1.82) is 0 Å². The summed E-state index contributed by atoms with van der Waals surface area (Å²) < 4.78 is 0. The summed E-state index contributed by atoms with van der Waals surface area (Å²) >= 11 is 0. The molecular formula is C18H18N4O. The van der Waals surface area contributed by atoms with Crippen LogP contribution in [0, 0.1) is 0 Å². The number of fused-ring (bicyclic) bond motifs is 1. The summed E-state index contributed by atoms with van der Waals surface area (Å²) in [4.78, 5) is 19.4. The van der Waals surface area contributed by atoms with E-state index < -0.39 is 0 Å². The highest BCUT2D eigenvalue weighted by atomic mass is 16.1. The monoisotopic (exact) mass is 306 g/mol. The van der Waals surface area contributed by atoms with Crippen molar-refractivity contribution >= 4 is 22.8 Å². The number of amides is 1. The van der Waals surface area contributed by atoms with E-state index in [0.29, 0.717) is 12.1 Å². The van der Waals surface area contributed by atoms with Gasteiger partial charge in [0.2, 0.25) is 0 Å². The number of para-hydroxylation sites is 1. The van der Waals surface area contributed by atoms with Gasteiger partial charge in [-0.15, -0.1) is 0 Å². The van der Waals surface area contributed by atoms with Gasteiger partial charge >= 0.3 is 0 Å². The molecule has 5 heteroatoms. The van der Waals surface area contributed by atoms with Crippen LogP contribution < -0.4 is 11.1 Å². The van der Waals surface area contributed by atoms with Gasteiger partial charge in [0.1, 0.15) is 0 Å². The number of H-pyrrole nitrogens is 1. The third-order valence-electron chi connectivity index (χ3n) is 3.62. The van der Waals surface area contributed by atoms with Crippen LogP contribution in [0.5, 0.6) is 0 Å². The maximum Gasteiger partial charge on any atom is 0.257 e. The smallest absolute Gasteiger partial charge is 0.257 e. The van der Waals surface area contributed by atoms with Crippen molar-refractivity contribution in [3.63, 3.8) is 0 Å². The van der Waals surface area contributed by atoms with Crippen LogP contribution in [0.1, 0.15) is 15.9 Å². The number of aliphatic imine (C=N–C) groups is 1. The summed E-state index contributed by atoms with van der Waals surface area (Å²) in [5.74, 6) is -0.113. The van der Waals surface area contributed by atoms with E-state index in [9.17, 15) is 4.79 Å². The van der Waals surface area contributed by atoms with Gasteiger partial charge in [-0.05, 0) is 30.2 Å². The summed E-state index contributed by atoms with van der Waals surface area (Å²) in [6, 6.07) is 17.0. The first kappa shape index (κ1) is 14.8. The Labute approximate surface area is 134 Å². The van der Waals surface area contributed by atoms with Crippen molar-refractivity contribution < 1.29 is 4.79 Å². The van der Waals surface area contributed by atoms with E-state index in [1.807, 2.05) is 30.5 Å². The summed E-state index contributed by atoms with van der Waals surface area (Å²) in [6.45, 7) is 0.517. The van der Waals surface area contributed by atoms with Gasteiger partial charge in [-0.1, -0.05) is 36.4 Å². The van der Waals surface area contributed by atoms with E-state index in [-0.39, 0.29) is 11.9 Å². The second kappa shape index (κ2) is 6.79. The number of hydrogen-bond donors (Lipinski definition) is 3. The minimum absolute atomic E-state index is 0.138. The molecule has 4 N–H and O–H groups in total. The van der Waals surface area contributed by atoms with E-state index in [2.05, 4.69) is 21.4 Å². The fraction of sp³-hybridized carbons (Fsp3) is 0.111. The number of nitrogens with zero attached hydrogens (tertiary/aromatic N) is 1. The van der Waals surface area contributed by atoms with Crippen molar-refractivity contribution in [2.24, 2.45) is 10.7 Å². The molecule has 3 rings (SSSR count). The maximum atomic E-state index is 11.9. The SMILES string of the molecule is NC(=NCCc1c[nH]c2ccccc12)NC(=O)c1ccccc1. The third-order valence-corrected chi connectivity index (χ3v) is 3.62. The Morgan fingerprint density at radius 2 is 1.83 bits per heavy atom. The zero-order valence-electron chi connectivity index (χ0n) is 12.6. The van der Waals surface area contributed by atoms with Crippen LogP contribution in [-0.2, 0) is 6.42 Å². The average Bonchev–Trinajstić information content (AvgIpc) is 2.99. The summed E-state index contributed by atoms with van der Waals surface area (Å²) in [5.41, 5.74) is 8.63. The summed E-state index contributed by atoms with van der Waals surface area (Å²) in [6.07, 6.45) is 2.74. The van der Waals surface area contributed by atoms with Gasteiger partial charge in [-0.25, -0.2) is 0 Å². The lowest BCUT2D eigenvalue weighted by molar-refractivity contribution is 0.0976. The van der Waals surface area contributed by atoms with Gasteiger partial charge in [0, 0.05) is 29.2 Å². The minimum Gasteiger partial charge on any atom is -0.370 e. The highest BCUT2D eigenvalue weighted by Crippen LogP contribution is 2.17. The van der Waals surface area contributed by atoms with Crippen molar-refractivity contribution in [3.8, 4) is 0 Å². The van der Waals surface area contributed by atoms with Gasteiger partial charge in [0.05, 0.1) is 0 Å². The molecule has 0 saturated heterocycles. The van der Waals surface area contributed by atoms with Crippen molar-refractivity contribution in [3.05, 3.63) is 71.9 Å². The molecule has 0 unspecified atom stereocenters. The lowest BCUT2D eigenvalue weighted by atomic mass is 10.1. The zero-order valence-corrected chi connectivity index (χ0v) is 12.6. The third kappa shape index (κ3) is 3.58. The minimum atomic E-state index is -0.251. The molecule has 5 nitrogen and oxygen atoms in total. The first-order chi connectivity index (χ1) is 11.2. The van der Waals surface area contributed by atoms with Crippen molar-refractivity contribution in [2.45, 2.75) is 6.42 Å². The maximum absolute atomic E-state index is 11.9. The van der Waals surface area contributed by atoms with Crippen molar-refractivity contribution in [1.82, 2.24) is 10.3 Å². The Kier molecular flexibility index (Phi) is 4.38. The second-order valence-corrected chi connectivity index (χ2v) is 5.20. The lowest BCUT2D eigenvalue weighted by Crippen LogP contribution is -2.37. The molecule has 1 aromatic heterocycles. The number of guanidine groups is 1. The first-order valence-corrected chi connectivity index (χ1v) is 7.45. The summed E-state index contributed by atoms with van der Waals surface area (Å²) in [7, 11) is 0. The molecular weight excluding hydrogens is 288 g/mol. The predicted molar refractivity (Wildman–Crippen MR) is 92.4 cm³/mol.